The monoisotopic (exact) mass is 618 g/mol. The molecule has 0 bridgehead atoms. The van der Waals surface area contributed by atoms with E-state index < -0.39 is 23.7 Å². The highest BCUT2D eigenvalue weighted by Crippen LogP contribution is 2.46. The van der Waals surface area contributed by atoms with Gasteiger partial charge in [0.15, 0.2) is 22.4 Å². The van der Waals surface area contributed by atoms with Gasteiger partial charge in [-0.3, -0.25) is 18.9 Å². The molecule has 1 fully saturated rings. The molecule has 1 amide bonds. The number of carbonyl (C=O) groups excluding carboxylic acids is 3. The van der Waals surface area contributed by atoms with Crippen molar-refractivity contribution in [2.24, 2.45) is 5.92 Å². The van der Waals surface area contributed by atoms with Gasteiger partial charge in [0.25, 0.3) is 5.78 Å². The minimum absolute atomic E-state index is 0.114. The standard InChI is InChI=1S/C32H34N4O7S/c1-7-42-31(40)29-19(5)34-32(44-29)36-26(20-11-12-21(22(16-20)41-6)43-15-13-17(2)3)24(28(38)30(36)39)27(37)25-18(4)33-23-10-8-9-14-35(23)25/h8-12,14,16-17,26,37H,7,13,15H2,1-6H3/b27-24+. The number of aromatic nitrogens is 3. The summed E-state index contributed by atoms with van der Waals surface area (Å²) >= 11 is 0.942. The summed E-state index contributed by atoms with van der Waals surface area (Å²) in [6.07, 6.45) is 2.56. The molecule has 44 heavy (non-hydrogen) atoms. The van der Waals surface area contributed by atoms with Crippen molar-refractivity contribution in [3.8, 4) is 11.5 Å². The molecule has 12 heteroatoms. The average molecular weight is 619 g/mol. The number of ketones is 1. The van der Waals surface area contributed by atoms with E-state index in [0.29, 0.717) is 46.6 Å². The van der Waals surface area contributed by atoms with Gasteiger partial charge in [0, 0.05) is 6.20 Å². The molecule has 3 aromatic heterocycles. The number of benzene rings is 1. The summed E-state index contributed by atoms with van der Waals surface area (Å²) in [5, 5.41) is 11.9. The zero-order chi connectivity index (χ0) is 31.7. The summed E-state index contributed by atoms with van der Waals surface area (Å²) in [5.41, 5.74) is 2.00. The lowest BCUT2D eigenvalue weighted by Crippen LogP contribution is -2.29. The molecular weight excluding hydrogens is 584 g/mol. The average Bonchev–Trinajstić information content (AvgIpc) is 3.62. The molecular formula is C32H34N4O7S. The Bertz CT molecular complexity index is 1790. The van der Waals surface area contributed by atoms with Gasteiger partial charge in [-0.25, -0.2) is 14.8 Å². The molecule has 1 saturated heterocycles. The second kappa shape index (κ2) is 12.5. The summed E-state index contributed by atoms with van der Waals surface area (Å²) in [6.45, 7) is 9.90. The molecule has 1 unspecified atom stereocenters. The van der Waals surface area contributed by atoms with Crippen molar-refractivity contribution in [2.75, 3.05) is 25.2 Å². The second-order valence-corrected chi connectivity index (χ2v) is 11.7. The van der Waals surface area contributed by atoms with Crippen LogP contribution in [-0.2, 0) is 14.3 Å². The number of methoxy groups -OCH3 is 1. The Morgan fingerprint density at radius 1 is 1.09 bits per heavy atom. The smallest absolute Gasteiger partial charge is 0.350 e. The lowest BCUT2D eigenvalue weighted by Gasteiger charge is -2.24. The van der Waals surface area contributed by atoms with Crippen LogP contribution in [0.1, 0.15) is 65.6 Å². The Kier molecular flexibility index (Phi) is 8.73. The van der Waals surface area contributed by atoms with Gasteiger partial charge < -0.3 is 19.3 Å². The molecule has 11 nitrogen and oxygen atoms in total. The predicted molar refractivity (Wildman–Crippen MR) is 165 cm³/mol. The van der Waals surface area contributed by atoms with E-state index in [0.717, 1.165) is 17.8 Å². The molecule has 0 aliphatic carbocycles. The van der Waals surface area contributed by atoms with Crippen molar-refractivity contribution < 1.29 is 33.7 Å². The van der Waals surface area contributed by atoms with Crippen LogP contribution in [0.5, 0.6) is 11.5 Å². The highest BCUT2D eigenvalue weighted by molar-refractivity contribution is 7.17. The maximum atomic E-state index is 13.8. The van der Waals surface area contributed by atoms with Gasteiger partial charge in [0.05, 0.1) is 43.3 Å². The van der Waals surface area contributed by atoms with Crippen LogP contribution in [0, 0.1) is 19.8 Å². The van der Waals surface area contributed by atoms with Crippen LogP contribution in [-0.4, -0.2) is 57.5 Å². The SMILES string of the molecule is CCOC(=O)c1sc(N2C(=O)C(=O)/C(=C(/O)c3c(C)nc4ccccn34)C2c2ccc(OCCC(C)C)c(OC)c2)nc1C. The molecule has 5 rings (SSSR count). The maximum Gasteiger partial charge on any atom is 0.350 e. The van der Waals surface area contributed by atoms with E-state index in [4.69, 9.17) is 14.2 Å². The first-order chi connectivity index (χ1) is 21.1. The van der Waals surface area contributed by atoms with Gasteiger partial charge in [0.1, 0.15) is 16.2 Å². The Hall–Kier alpha value is -4.71. The Morgan fingerprint density at radius 3 is 2.57 bits per heavy atom. The zero-order valence-corrected chi connectivity index (χ0v) is 26.2. The van der Waals surface area contributed by atoms with E-state index in [1.54, 1.807) is 61.7 Å². The Morgan fingerprint density at radius 2 is 1.86 bits per heavy atom. The number of anilines is 1. The number of aliphatic hydroxyl groups is 1. The van der Waals surface area contributed by atoms with Gasteiger partial charge in [0.2, 0.25) is 0 Å². The zero-order valence-electron chi connectivity index (χ0n) is 25.4. The maximum absolute atomic E-state index is 13.8. The van der Waals surface area contributed by atoms with Gasteiger partial charge >= 0.3 is 11.9 Å². The number of pyridine rings is 1. The number of ether oxygens (including phenoxy) is 3. The van der Waals surface area contributed by atoms with Gasteiger partial charge in [-0.2, -0.15) is 0 Å². The first kappa shape index (κ1) is 30.7. The number of nitrogens with zero attached hydrogens (tertiary/aromatic N) is 4. The molecule has 1 aliphatic rings. The number of thiazole rings is 1. The van der Waals surface area contributed by atoms with Gasteiger partial charge in [-0.15, -0.1) is 0 Å². The van der Waals surface area contributed by atoms with Crippen molar-refractivity contribution in [3.05, 3.63) is 75.7 Å². The van der Waals surface area contributed by atoms with E-state index in [2.05, 4.69) is 23.8 Å². The number of amides is 1. The largest absolute Gasteiger partial charge is 0.505 e. The quantitative estimate of drug-likeness (QED) is 0.104. The minimum atomic E-state index is -1.11. The molecule has 230 valence electrons. The molecule has 4 aromatic rings. The normalized spacial score (nSPS) is 16.2. The molecule has 4 heterocycles. The first-order valence-electron chi connectivity index (χ1n) is 14.3. The minimum Gasteiger partial charge on any atom is -0.505 e. The van der Waals surface area contributed by atoms with Crippen LogP contribution >= 0.6 is 11.3 Å². The third-order valence-corrected chi connectivity index (χ3v) is 8.42. The number of aryl methyl sites for hydroxylation is 2. The van der Waals surface area contributed by atoms with Crippen molar-refractivity contribution in [2.45, 2.75) is 47.1 Å². The van der Waals surface area contributed by atoms with E-state index in [1.165, 1.54) is 12.0 Å². The summed E-state index contributed by atoms with van der Waals surface area (Å²) in [5.74, 6) is -1.42. The van der Waals surface area contributed by atoms with Crippen LogP contribution in [0.3, 0.4) is 0 Å². The van der Waals surface area contributed by atoms with Crippen LogP contribution in [0.2, 0.25) is 0 Å². The fourth-order valence-corrected chi connectivity index (χ4v) is 6.11. The number of hydrogen-bond donors (Lipinski definition) is 1. The van der Waals surface area contributed by atoms with E-state index in [-0.39, 0.29) is 33.6 Å². The number of aliphatic hydroxyl groups excluding tert-OH is 1. The van der Waals surface area contributed by atoms with E-state index >= 15 is 0 Å². The fraction of sp³-hybridized carbons (Fsp3) is 0.344. The number of Topliss-reactive ketones (excluding diaryl/α,β-unsaturated/α-hetero) is 1. The number of hydrogen-bond acceptors (Lipinski definition) is 10. The van der Waals surface area contributed by atoms with Crippen molar-refractivity contribution in [1.82, 2.24) is 14.4 Å². The van der Waals surface area contributed by atoms with Crippen molar-refractivity contribution in [1.29, 1.82) is 0 Å². The summed E-state index contributed by atoms with van der Waals surface area (Å²) < 4.78 is 18.4. The molecule has 1 atom stereocenters. The second-order valence-electron chi connectivity index (χ2n) is 10.7. The van der Waals surface area contributed by atoms with Gasteiger partial charge in [-0.1, -0.05) is 37.3 Å². The molecule has 0 saturated carbocycles. The number of fused-ring (bicyclic) bond motifs is 1. The lowest BCUT2D eigenvalue weighted by atomic mass is 9.96. The third kappa shape index (κ3) is 5.52. The van der Waals surface area contributed by atoms with Crippen LogP contribution < -0.4 is 14.4 Å². The number of rotatable bonds is 10. The van der Waals surface area contributed by atoms with Crippen LogP contribution in [0.25, 0.3) is 11.4 Å². The summed E-state index contributed by atoms with van der Waals surface area (Å²) in [7, 11) is 1.50. The lowest BCUT2D eigenvalue weighted by molar-refractivity contribution is -0.132. The number of imidazole rings is 1. The number of esters is 1. The molecule has 1 aliphatic heterocycles. The van der Waals surface area contributed by atoms with Crippen molar-refractivity contribution >= 4 is 45.5 Å². The predicted octanol–water partition coefficient (Wildman–Crippen LogP) is 5.64. The summed E-state index contributed by atoms with van der Waals surface area (Å²) in [6, 6.07) is 9.37. The molecule has 1 N–H and O–H groups in total. The Balaban J connectivity index is 1.70. The highest BCUT2D eigenvalue weighted by Gasteiger charge is 2.49. The molecule has 0 radical (unpaired) electrons. The van der Waals surface area contributed by atoms with E-state index in [9.17, 15) is 19.5 Å². The van der Waals surface area contributed by atoms with E-state index in [1.807, 2.05) is 6.07 Å². The van der Waals surface area contributed by atoms with Gasteiger partial charge in [-0.05, 0) is 62.9 Å². The number of carbonyl (C=O) groups is 3. The fourth-order valence-electron chi connectivity index (χ4n) is 5.12. The highest BCUT2D eigenvalue weighted by atomic mass is 32.1. The molecule has 1 aromatic carbocycles. The van der Waals surface area contributed by atoms with Crippen molar-refractivity contribution in [3.63, 3.8) is 0 Å². The molecule has 0 spiro atoms. The van der Waals surface area contributed by atoms with Crippen LogP contribution in [0.15, 0.2) is 48.2 Å². The summed E-state index contributed by atoms with van der Waals surface area (Å²) in [4.78, 5) is 50.6. The third-order valence-electron chi connectivity index (χ3n) is 7.28. The van der Waals surface area contributed by atoms with Crippen LogP contribution in [0.4, 0.5) is 5.13 Å². The first-order valence-corrected chi connectivity index (χ1v) is 15.1. The topological polar surface area (TPSA) is 133 Å². The Labute approximate surface area is 258 Å².